The average Bonchev–Trinajstić information content (AvgIpc) is 2.29. The van der Waals surface area contributed by atoms with E-state index in [9.17, 15) is 5.11 Å². The summed E-state index contributed by atoms with van der Waals surface area (Å²) in [5.74, 6) is 0.977. The summed E-state index contributed by atoms with van der Waals surface area (Å²) in [4.78, 5) is 6.61. The second-order valence-electron chi connectivity index (χ2n) is 4.17. The number of rotatable bonds is 2. The van der Waals surface area contributed by atoms with Gasteiger partial charge in [0.05, 0.1) is 19.3 Å². The van der Waals surface area contributed by atoms with E-state index < -0.39 is 6.10 Å². The van der Waals surface area contributed by atoms with Gasteiger partial charge in [-0.1, -0.05) is 0 Å². The molecular weight excluding hydrogens is 204 g/mol. The first-order valence-corrected chi connectivity index (χ1v) is 5.66. The quantitative estimate of drug-likeness (QED) is 0.818. The highest BCUT2D eigenvalue weighted by molar-refractivity contribution is 5.44. The minimum Gasteiger partial charge on any atom is -0.389 e. The molecule has 2 heterocycles. The van der Waals surface area contributed by atoms with Crippen LogP contribution in [0.25, 0.3) is 0 Å². The van der Waals surface area contributed by atoms with E-state index in [0.29, 0.717) is 0 Å². The number of aryl methyl sites for hydroxylation is 1. The van der Waals surface area contributed by atoms with Gasteiger partial charge < -0.3 is 14.7 Å². The second kappa shape index (κ2) is 4.80. The molecule has 88 valence electrons. The normalized spacial score (nSPS) is 18.6. The maximum Gasteiger partial charge on any atom is 0.128 e. The number of anilines is 1. The van der Waals surface area contributed by atoms with E-state index in [1.54, 1.807) is 13.1 Å². The van der Waals surface area contributed by atoms with Crippen molar-refractivity contribution >= 4 is 5.82 Å². The van der Waals surface area contributed by atoms with Crippen molar-refractivity contribution in [3.63, 3.8) is 0 Å². The first-order valence-electron chi connectivity index (χ1n) is 5.66. The molecule has 1 atom stereocenters. The first-order chi connectivity index (χ1) is 7.68. The fourth-order valence-corrected chi connectivity index (χ4v) is 1.95. The van der Waals surface area contributed by atoms with Crippen molar-refractivity contribution in [2.24, 2.45) is 0 Å². The highest BCUT2D eigenvalue weighted by atomic mass is 16.5. The first kappa shape index (κ1) is 11.4. The Hall–Kier alpha value is -1.13. The van der Waals surface area contributed by atoms with Gasteiger partial charge in [0.25, 0.3) is 0 Å². The van der Waals surface area contributed by atoms with Crippen molar-refractivity contribution in [2.45, 2.75) is 20.0 Å². The summed E-state index contributed by atoms with van der Waals surface area (Å²) < 4.78 is 5.30. The lowest BCUT2D eigenvalue weighted by Crippen LogP contribution is -2.36. The van der Waals surface area contributed by atoms with Gasteiger partial charge >= 0.3 is 0 Å². The summed E-state index contributed by atoms with van der Waals surface area (Å²) >= 11 is 0. The molecule has 4 heteroatoms. The van der Waals surface area contributed by atoms with Gasteiger partial charge in [-0.2, -0.15) is 0 Å². The topological polar surface area (TPSA) is 45.6 Å². The molecule has 1 N–H and O–H groups in total. The van der Waals surface area contributed by atoms with Crippen molar-refractivity contribution in [1.29, 1.82) is 0 Å². The number of aliphatic hydroxyl groups excluding tert-OH is 1. The highest BCUT2D eigenvalue weighted by Gasteiger charge is 2.14. The van der Waals surface area contributed by atoms with Crippen molar-refractivity contribution in [3.8, 4) is 0 Å². The molecule has 0 bridgehead atoms. The third-order valence-corrected chi connectivity index (χ3v) is 2.92. The summed E-state index contributed by atoms with van der Waals surface area (Å²) in [6.07, 6.45) is 1.32. The maximum absolute atomic E-state index is 9.53. The molecule has 1 saturated heterocycles. The van der Waals surface area contributed by atoms with Crippen LogP contribution in [0.2, 0.25) is 0 Å². The molecule has 1 aliphatic rings. The van der Waals surface area contributed by atoms with Gasteiger partial charge in [-0.25, -0.2) is 4.98 Å². The van der Waals surface area contributed by atoms with Crippen molar-refractivity contribution in [1.82, 2.24) is 4.98 Å². The van der Waals surface area contributed by atoms with Crippen LogP contribution in [0.5, 0.6) is 0 Å². The lowest BCUT2D eigenvalue weighted by atomic mass is 10.1. The Kier molecular flexibility index (Phi) is 3.41. The van der Waals surface area contributed by atoms with Crippen LogP contribution in [-0.4, -0.2) is 36.4 Å². The maximum atomic E-state index is 9.53. The van der Waals surface area contributed by atoms with E-state index in [1.165, 1.54) is 0 Å². The van der Waals surface area contributed by atoms with Crippen molar-refractivity contribution in [2.75, 3.05) is 31.2 Å². The number of hydrogen-bond acceptors (Lipinski definition) is 4. The van der Waals surface area contributed by atoms with Crippen LogP contribution >= 0.6 is 0 Å². The number of nitrogens with zero attached hydrogens (tertiary/aromatic N) is 2. The van der Waals surface area contributed by atoms with E-state index in [1.807, 2.05) is 13.0 Å². The molecule has 0 aromatic carbocycles. The van der Waals surface area contributed by atoms with E-state index >= 15 is 0 Å². The van der Waals surface area contributed by atoms with Crippen molar-refractivity contribution < 1.29 is 9.84 Å². The number of aliphatic hydroxyl groups is 1. The number of pyridine rings is 1. The Labute approximate surface area is 95.9 Å². The molecule has 4 nitrogen and oxygen atoms in total. The average molecular weight is 222 g/mol. The van der Waals surface area contributed by atoms with Crippen LogP contribution in [0.3, 0.4) is 0 Å². The zero-order valence-corrected chi connectivity index (χ0v) is 9.81. The Morgan fingerprint density at radius 2 is 2.12 bits per heavy atom. The van der Waals surface area contributed by atoms with Crippen LogP contribution in [0.4, 0.5) is 5.82 Å². The summed E-state index contributed by atoms with van der Waals surface area (Å²) in [6.45, 7) is 7.07. The van der Waals surface area contributed by atoms with Crippen LogP contribution in [0, 0.1) is 6.92 Å². The lowest BCUT2D eigenvalue weighted by molar-refractivity contribution is 0.122. The van der Waals surface area contributed by atoms with Crippen molar-refractivity contribution in [3.05, 3.63) is 23.4 Å². The molecule has 0 spiro atoms. The van der Waals surface area contributed by atoms with Gasteiger partial charge in [-0.15, -0.1) is 0 Å². The molecule has 0 aliphatic carbocycles. The number of ether oxygens (including phenoxy) is 1. The Bertz CT molecular complexity index is 360. The second-order valence-corrected chi connectivity index (χ2v) is 4.17. The smallest absolute Gasteiger partial charge is 0.128 e. The molecule has 16 heavy (non-hydrogen) atoms. The fourth-order valence-electron chi connectivity index (χ4n) is 1.95. The van der Waals surface area contributed by atoms with Gasteiger partial charge in [-0.05, 0) is 25.5 Å². The number of morpholine rings is 1. The van der Waals surface area contributed by atoms with E-state index in [0.717, 1.165) is 43.2 Å². The SMILES string of the molecule is Cc1cc(N2CCOCC2)ncc1[C@@H](C)O. The molecule has 2 rings (SSSR count). The zero-order chi connectivity index (χ0) is 11.5. The van der Waals surface area contributed by atoms with Crippen LogP contribution in [0.1, 0.15) is 24.2 Å². The third kappa shape index (κ3) is 2.33. The molecule has 1 aromatic rings. The zero-order valence-electron chi connectivity index (χ0n) is 9.81. The molecule has 1 aliphatic heterocycles. The Morgan fingerprint density at radius 3 is 2.69 bits per heavy atom. The molecule has 0 saturated carbocycles. The summed E-state index contributed by atoms with van der Waals surface area (Å²) in [6, 6.07) is 2.04. The summed E-state index contributed by atoms with van der Waals surface area (Å²) in [5.41, 5.74) is 1.99. The molecule has 1 aromatic heterocycles. The molecular formula is C12H18N2O2. The van der Waals surface area contributed by atoms with Crippen LogP contribution in [-0.2, 0) is 4.74 Å². The molecule has 0 amide bonds. The van der Waals surface area contributed by atoms with Gasteiger partial charge in [0.2, 0.25) is 0 Å². The molecule has 0 unspecified atom stereocenters. The van der Waals surface area contributed by atoms with E-state index in [4.69, 9.17) is 4.74 Å². The molecule has 0 radical (unpaired) electrons. The standard InChI is InChI=1S/C12H18N2O2/c1-9-7-12(13-8-11(9)10(2)15)14-3-5-16-6-4-14/h7-8,10,15H,3-6H2,1-2H3/t10-/m1/s1. The fraction of sp³-hybridized carbons (Fsp3) is 0.583. The summed E-state index contributed by atoms with van der Waals surface area (Å²) in [5, 5.41) is 9.53. The third-order valence-electron chi connectivity index (χ3n) is 2.92. The van der Waals surface area contributed by atoms with Gasteiger partial charge in [-0.3, -0.25) is 0 Å². The highest BCUT2D eigenvalue weighted by Crippen LogP contribution is 2.21. The monoisotopic (exact) mass is 222 g/mol. The van der Waals surface area contributed by atoms with Gasteiger partial charge in [0, 0.05) is 24.8 Å². The number of hydrogen-bond donors (Lipinski definition) is 1. The van der Waals surface area contributed by atoms with Crippen LogP contribution < -0.4 is 4.90 Å². The Morgan fingerprint density at radius 1 is 1.44 bits per heavy atom. The Balaban J connectivity index is 2.19. The van der Waals surface area contributed by atoms with Gasteiger partial charge in [0.1, 0.15) is 5.82 Å². The molecule has 1 fully saturated rings. The lowest BCUT2D eigenvalue weighted by Gasteiger charge is -2.28. The number of aromatic nitrogens is 1. The minimum atomic E-state index is -0.453. The predicted molar refractivity (Wildman–Crippen MR) is 62.6 cm³/mol. The van der Waals surface area contributed by atoms with Crippen LogP contribution in [0.15, 0.2) is 12.3 Å². The summed E-state index contributed by atoms with van der Waals surface area (Å²) in [7, 11) is 0. The predicted octanol–water partition coefficient (Wildman–Crippen LogP) is 1.28. The van der Waals surface area contributed by atoms with E-state index in [-0.39, 0.29) is 0 Å². The minimum absolute atomic E-state index is 0.453. The largest absolute Gasteiger partial charge is 0.389 e. The van der Waals surface area contributed by atoms with E-state index in [2.05, 4.69) is 9.88 Å². The van der Waals surface area contributed by atoms with Gasteiger partial charge in [0.15, 0.2) is 0 Å².